The molecule has 0 radical (unpaired) electrons. The molecule has 0 atom stereocenters. The van der Waals surface area contributed by atoms with Gasteiger partial charge in [-0.3, -0.25) is 4.57 Å². The molecule has 0 bridgehead atoms. The molecule has 3 rings (SSSR count). The van der Waals surface area contributed by atoms with Crippen LogP contribution in [0.4, 0.5) is 5.69 Å². The Labute approximate surface area is 148 Å². The van der Waals surface area contributed by atoms with Crippen molar-refractivity contribution < 1.29 is 14.2 Å². The average molecular weight is 363 g/mol. The summed E-state index contributed by atoms with van der Waals surface area (Å²) < 4.78 is 17.6. The van der Waals surface area contributed by atoms with Gasteiger partial charge in [0.15, 0.2) is 17.3 Å². The molecule has 1 aromatic carbocycles. The summed E-state index contributed by atoms with van der Waals surface area (Å²) in [6, 6.07) is 1.62. The topological polar surface area (TPSA) is 110 Å². The number of ether oxygens (including phenoxy) is 3. The number of methoxy groups -OCH3 is 3. The molecule has 0 unspecified atom stereocenters. The van der Waals surface area contributed by atoms with Crippen LogP contribution in [0.2, 0.25) is 5.28 Å². The SMILES string of the molecule is COc1cc(N)c(-c2ncnc(-n3ccnc3Cl)n2)c(OC)c1OC. The van der Waals surface area contributed by atoms with Crippen molar-refractivity contribution in [1.29, 1.82) is 0 Å². The number of imidazole rings is 1. The largest absolute Gasteiger partial charge is 0.493 e. The van der Waals surface area contributed by atoms with E-state index in [1.54, 1.807) is 12.3 Å². The molecule has 0 aliphatic heterocycles. The van der Waals surface area contributed by atoms with Gasteiger partial charge in [-0.25, -0.2) is 15.0 Å². The number of anilines is 1. The number of hydrogen-bond donors (Lipinski definition) is 1. The maximum absolute atomic E-state index is 6.17. The van der Waals surface area contributed by atoms with E-state index in [9.17, 15) is 0 Å². The highest BCUT2D eigenvalue weighted by molar-refractivity contribution is 6.28. The number of hydrogen-bond acceptors (Lipinski definition) is 8. The minimum atomic E-state index is 0.226. The molecule has 2 aromatic heterocycles. The predicted octanol–water partition coefficient (Wildman–Crippen LogP) is 1.99. The maximum Gasteiger partial charge on any atom is 0.239 e. The van der Waals surface area contributed by atoms with Gasteiger partial charge in [-0.05, 0) is 11.6 Å². The summed E-state index contributed by atoms with van der Waals surface area (Å²) in [7, 11) is 4.51. The summed E-state index contributed by atoms with van der Waals surface area (Å²) in [4.78, 5) is 16.6. The van der Waals surface area contributed by atoms with Gasteiger partial charge in [-0.15, -0.1) is 0 Å². The smallest absolute Gasteiger partial charge is 0.239 e. The van der Waals surface area contributed by atoms with Crippen molar-refractivity contribution in [3.05, 3.63) is 30.1 Å². The molecular formula is C15H15ClN6O3. The lowest BCUT2D eigenvalue weighted by molar-refractivity contribution is 0.325. The van der Waals surface area contributed by atoms with Gasteiger partial charge < -0.3 is 19.9 Å². The average Bonchev–Trinajstić information content (AvgIpc) is 3.06. The fraction of sp³-hybridized carbons (Fsp3) is 0.200. The van der Waals surface area contributed by atoms with Crippen molar-refractivity contribution in [2.75, 3.05) is 27.1 Å². The minimum absolute atomic E-state index is 0.226. The Bertz CT molecular complexity index is 914. The summed E-state index contributed by atoms with van der Waals surface area (Å²) >= 11 is 6.02. The van der Waals surface area contributed by atoms with Crippen LogP contribution < -0.4 is 19.9 Å². The van der Waals surface area contributed by atoms with Crippen molar-refractivity contribution >= 4 is 17.3 Å². The zero-order chi connectivity index (χ0) is 18.0. The van der Waals surface area contributed by atoms with Crippen LogP contribution in [0, 0.1) is 0 Å². The maximum atomic E-state index is 6.17. The minimum Gasteiger partial charge on any atom is -0.493 e. The number of nitrogens with zero attached hydrogens (tertiary/aromatic N) is 5. The Hall–Kier alpha value is -3.07. The lowest BCUT2D eigenvalue weighted by Gasteiger charge is -2.17. The molecule has 0 saturated carbocycles. The molecule has 0 amide bonds. The zero-order valence-corrected chi connectivity index (χ0v) is 14.5. The summed E-state index contributed by atoms with van der Waals surface area (Å²) in [6.45, 7) is 0. The molecule has 3 aromatic rings. The summed E-state index contributed by atoms with van der Waals surface area (Å²) in [5.41, 5.74) is 6.99. The summed E-state index contributed by atoms with van der Waals surface area (Å²) in [5, 5.41) is 0.226. The van der Waals surface area contributed by atoms with E-state index in [-0.39, 0.29) is 5.28 Å². The summed E-state index contributed by atoms with van der Waals surface area (Å²) in [5.74, 6) is 1.77. The van der Waals surface area contributed by atoms with Gasteiger partial charge in [0, 0.05) is 18.5 Å². The molecular weight excluding hydrogens is 348 g/mol. The molecule has 0 aliphatic rings. The van der Waals surface area contributed by atoms with Crippen LogP contribution in [0.5, 0.6) is 17.2 Å². The monoisotopic (exact) mass is 362 g/mol. The normalized spacial score (nSPS) is 10.6. The third-order valence-electron chi connectivity index (χ3n) is 3.45. The van der Waals surface area contributed by atoms with Crippen molar-refractivity contribution in [2.24, 2.45) is 0 Å². The molecule has 25 heavy (non-hydrogen) atoms. The first-order valence-electron chi connectivity index (χ1n) is 7.07. The molecule has 0 saturated heterocycles. The van der Waals surface area contributed by atoms with E-state index in [1.165, 1.54) is 38.4 Å². The van der Waals surface area contributed by atoms with Crippen LogP contribution in [0.15, 0.2) is 24.8 Å². The highest BCUT2D eigenvalue weighted by atomic mass is 35.5. The van der Waals surface area contributed by atoms with E-state index in [0.717, 1.165) is 0 Å². The fourth-order valence-corrected chi connectivity index (χ4v) is 2.55. The Morgan fingerprint density at radius 3 is 2.40 bits per heavy atom. The van der Waals surface area contributed by atoms with Gasteiger partial charge in [0.1, 0.15) is 6.33 Å². The molecule has 2 heterocycles. The van der Waals surface area contributed by atoms with Crippen molar-refractivity contribution in [3.8, 4) is 34.6 Å². The number of aromatic nitrogens is 5. The number of nitrogens with two attached hydrogens (primary N) is 1. The molecule has 0 fully saturated rings. The molecule has 0 aliphatic carbocycles. The molecule has 2 N–H and O–H groups in total. The van der Waals surface area contributed by atoms with Crippen LogP contribution in [0.1, 0.15) is 0 Å². The summed E-state index contributed by atoms with van der Waals surface area (Å²) in [6.07, 6.45) is 4.53. The van der Waals surface area contributed by atoms with Crippen LogP contribution in [-0.4, -0.2) is 45.8 Å². The van der Waals surface area contributed by atoms with E-state index in [4.69, 9.17) is 31.5 Å². The van der Waals surface area contributed by atoms with Crippen LogP contribution in [-0.2, 0) is 0 Å². The van der Waals surface area contributed by atoms with Crippen LogP contribution in [0.3, 0.4) is 0 Å². The second-order valence-electron chi connectivity index (χ2n) is 4.78. The molecule has 9 nitrogen and oxygen atoms in total. The van der Waals surface area contributed by atoms with Crippen molar-refractivity contribution in [1.82, 2.24) is 24.5 Å². The Morgan fingerprint density at radius 1 is 1.04 bits per heavy atom. The standard InChI is InChI=1S/C15H15ClN6O3/c1-23-9-6-8(17)10(12(25-3)11(9)24-2)13-19-7-20-15(21-13)22-5-4-18-14(22)16/h4-7H,17H2,1-3H3. The Kier molecular flexibility index (Phi) is 4.57. The van der Waals surface area contributed by atoms with Gasteiger partial charge in [0.05, 0.1) is 32.6 Å². The highest BCUT2D eigenvalue weighted by Crippen LogP contribution is 2.47. The first-order valence-corrected chi connectivity index (χ1v) is 7.45. The molecule has 0 spiro atoms. The van der Waals surface area contributed by atoms with Gasteiger partial charge in [-0.1, -0.05) is 0 Å². The lowest BCUT2D eigenvalue weighted by Crippen LogP contribution is -2.06. The van der Waals surface area contributed by atoms with Crippen LogP contribution >= 0.6 is 11.6 Å². The van der Waals surface area contributed by atoms with Gasteiger partial charge >= 0.3 is 0 Å². The number of nitrogen functional groups attached to an aromatic ring is 1. The van der Waals surface area contributed by atoms with Crippen LogP contribution in [0.25, 0.3) is 17.3 Å². The predicted molar refractivity (Wildman–Crippen MR) is 91.5 cm³/mol. The first-order chi connectivity index (χ1) is 12.1. The Balaban J connectivity index is 2.22. The van der Waals surface area contributed by atoms with Crippen molar-refractivity contribution in [2.45, 2.75) is 0 Å². The van der Waals surface area contributed by atoms with Gasteiger partial charge in [0.2, 0.25) is 17.0 Å². The molecule has 10 heteroatoms. The Morgan fingerprint density at radius 2 is 1.80 bits per heavy atom. The van der Waals surface area contributed by atoms with E-state index < -0.39 is 0 Å². The highest BCUT2D eigenvalue weighted by Gasteiger charge is 2.23. The lowest BCUT2D eigenvalue weighted by atomic mass is 10.1. The number of benzene rings is 1. The molecule has 130 valence electrons. The second kappa shape index (κ2) is 6.81. The third-order valence-corrected chi connectivity index (χ3v) is 3.73. The van der Waals surface area contributed by atoms with Gasteiger partial charge in [0.25, 0.3) is 0 Å². The zero-order valence-electron chi connectivity index (χ0n) is 13.7. The quantitative estimate of drug-likeness (QED) is 0.686. The van der Waals surface area contributed by atoms with E-state index in [1.807, 2.05) is 0 Å². The number of rotatable bonds is 5. The first kappa shape index (κ1) is 16.8. The third kappa shape index (κ3) is 2.89. The van der Waals surface area contributed by atoms with E-state index in [0.29, 0.717) is 40.3 Å². The second-order valence-corrected chi connectivity index (χ2v) is 5.12. The van der Waals surface area contributed by atoms with Gasteiger partial charge in [-0.2, -0.15) is 4.98 Å². The van der Waals surface area contributed by atoms with Crippen molar-refractivity contribution in [3.63, 3.8) is 0 Å². The fourth-order valence-electron chi connectivity index (χ4n) is 2.36. The van der Waals surface area contributed by atoms with E-state index in [2.05, 4.69) is 19.9 Å². The number of halogens is 1. The van der Waals surface area contributed by atoms with E-state index >= 15 is 0 Å².